The van der Waals surface area contributed by atoms with Crippen LogP contribution < -0.4 is 0 Å². The Bertz CT molecular complexity index is 158. The van der Waals surface area contributed by atoms with Gasteiger partial charge in [0, 0.05) is 0 Å². The highest BCUT2D eigenvalue weighted by Crippen LogP contribution is 1.96. The third-order valence-electron chi connectivity index (χ3n) is 0.953. The van der Waals surface area contributed by atoms with E-state index in [2.05, 4.69) is 11.8 Å². The normalized spacial score (nSPS) is 11.9. The highest BCUT2D eigenvalue weighted by molar-refractivity contribution is 5.20. The summed E-state index contributed by atoms with van der Waals surface area (Å²) in [6.45, 7) is 5.43. The maximum atomic E-state index is 9.91. The van der Waals surface area contributed by atoms with Crippen LogP contribution >= 0.6 is 0 Å². The molecule has 0 radical (unpaired) electrons. The molecule has 0 aliphatic rings. The molecule has 54 valence electrons. The Kier molecular flexibility index (Phi) is 5.25. The van der Waals surface area contributed by atoms with Crippen molar-refractivity contribution >= 4 is 0 Å². The Morgan fingerprint density at radius 3 is 2.80 bits per heavy atom. The second-order valence-corrected chi connectivity index (χ2v) is 1.72. The van der Waals surface area contributed by atoms with Crippen LogP contribution in [0, 0.1) is 4.91 Å². The molecule has 0 unspecified atom stereocenters. The summed E-state index contributed by atoms with van der Waals surface area (Å²) in [4.78, 5) is 9.91. The molecule has 0 heterocycles. The van der Waals surface area contributed by atoms with Crippen LogP contribution in [0.15, 0.2) is 41.8 Å². The number of rotatable bonds is 4. The molecule has 0 rings (SSSR count). The first-order valence-corrected chi connectivity index (χ1v) is 3.17. The lowest BCUT2D eigenvalue weighted by atomic mass is 10.3. The standard InChI is InChI=1S/C8H11NO/c1-3-5-6-7-8(4-2)9-10/h4-7H,2-3H2,1H3/b6-5+,8-7+. The molecule has 0 aromatic heterocycles. The van der Waals surface area contributed by atoms with Crippen molar-refractivity contribution < 1.29 is 0 Å². The zero-order valence-corrected chi connectivity index (χ0v) is 6.08. The summed E-state index contributed by atoms with van der Waals surface area (Å²) in [6, 6.07) is 0. The van der Waals surface area contributed by atoms with Gasteiger partial charge in [0.1, 0.15) is 5.70 Å². The Morgan fingerprint density at radius 2 is 2.40 bits per heavy atom. The summed E-state index contributed by atoms with van der Waals surface area (Å²) in [7, 11) is 0. The lowest BCUT2D eigenvalue weighted by Crippen LogP contribution is -1.64. The number of hydrogen-bond donors (Lipinski definition) is 0. The fourth-order valence-electron chi connectivity index (χ4n) is 0.438. The molecule has 0 saturated carbocycles. The van der Waals surface area contributed by atoms with Gasteiger partial charge in [-0.25, -0.2) is 0 Å². The maximum absolute atomic E-state index is 9.91. The van der Waals surface area contributed by atoms with Gasteiger partial charge in [-0.1, -0.05) is 25.7 Å². The Balaban J connectivity index is 3.98. The van der Waals surface area contributed by atoms with Gasteiger partial charge in [0.2, 0.25) is 0 Å². The van der Waals surface area contributed by atoms with E-state index in [9.17, 15) is 4.91 Å². The zero-order valence-electron chi connectivity index (χ0n) is 6.08. The molecule has 0 aromatic carbocycles. The van der Waals surface area contributed by atoms with Gasteiger partial charge in [-0.3, -0.25) is 0 Å². The predicted molar refractivity (Wildman–Crippen MR) is 43.5 cm³/mol. The quantitative estimate of drug-likeness (QED) is 0.432. The average molecular weight is 137 g/mol. The number of nitrogens with zero attached hydrogens (tertiary/aromatic N) is 1. The summed E-state index contributed by atoms with van der Waals surface area (Å²) in [5.41, 5.74) is 0.365. The van der Waals surface area contributed by atoms with Gasteiger partial charge in [-0.15, -0.1) is 4.91 Å². The topological polar surface area (TPSA) is 29.4 Å². The van der Waals surface area contributed by atoms with Gasteiger partial charge >= 0.3 is 0 Å². The molecule has 0 saturated heterocycles. The van der Waals surface area contributed by atoms with Crippen LogP contribution in [0.1, 0.15) is 13.3 Å². The molecule has 0 fully saturated rings. The van der Waals surface area contributed by atoms with Crippen molar-refractivity contribution in [2.24, 2.45) is 5.18 Å². The fraction of sp³-hybridized carbons (Fsp3) is 0.250. The van der Waals surface area contributed by atoms with Gasteiger partial charge in [0.15, 0.2) is 0 Å². The molecular weight excluding hydrogens is 126 g/mol. The molecule has 0 bridgehead atoms. The monoisotopic (exact) mass is 137 g/mol. The first-order chi connectivity index (χ1) is 4.85. The second kappa shape index (κ2) is 5.95. The molecule has 10 heavy (non-hydrogen) atoms. The Labute approximate surface area is 60.9 Å². The lowest BCUT2D eigenvalue weighted by Gasteiger charge is -1.80. The first kappa shape index (κ1) is 8.82. The number of hydrogen-bond acceptors (Lipinski definition) is 2. The van der Waals surface area contributed by atoms with E-state index in [0.29, 0.717) is 5.70 Å². The van der Waals surface area contributed by atoms with Crippen LogP contribution in [0.4, 0.5) is 0 Å². The molecule has 0 amide bonds. The van der Waals surface area contributed by atoms with Crippen LogP contribution in [0.25, 0.3) is 0 Å². The van der Waals surface area contributed by atoms with Gasteiger partial charge in [0.05, 0.1) is 0 Å². The Morgan fingerprint density at radius 1 is 1.70 bits per heavy atom. The average Bonchev–Trinajstić information content (AvgIpc) is 1.99. The minimum atomic E-state index is 0.365. The molecule has 0 aliphatic carbocycles. The van der Waals surface area contributed by atoms with Gasteiger partial charge in [0.25, 0.3) is 0 Å². The van der Waals surface area contributed by atoms with E-state index < -0.39 is 0 Å². The van der Waals surface area contributed by atoms with E-state index in [4.69, 9.17) is 0 Å². The third-order valence-corrected chi connectivity index (χ3v) is 0.953. The van der Waals surface area contributed by atoms with Gasteiger partial charge < -0.3 is 0 Å². The second-order valence-electron chi connectivity index (χ2n) is 1.72. The molecular formula is C8H11NO. The van der Waals surface area contributed by atoms with Crippen LogP contribution in [0.3, 0.4) is 0 Å². The van der Waals surface area contributed by atoms with E-state index >= 15 is 0 Å². The van der Waals surface area contributed by atoms with Crippen molar-refractivity contribution in [3.8, 4) is 0 Å². The smallest absolute Gasteiger partial charge is 0.107 e. The van der Waals surface area contributed by atoms with Crippen LogP contribution in [-0.4, -0.2) is 0 Å². The van der Waals surface area contributed by atoms with E-state index in [1.807, 2.05) is 13.0 Å². The zero-order chi connectivity index (χ0) is 7.82. The van der Waals surface area contributed by atoms with Crippen LogP contribution in [0.5, 0.6) is 0 Å². The fourth-order valence-corrected chi connectivity index (χ4v) is 0.438. The predicted octanol–water partition coefficient (Wildman–Crippen LogP) is 2.79. The summed E-state index contributed by atoms with van der Waals surface area (Å²) < 4.78 is 0. The summed E-state index contributed by atoms with van der Waals surface area (Å²) in [6.07, 6.45) is 7.74. The van der Waals surface area contributed by atoms with Crippen LogP contribution in [0.2, 0.25) is 0 Å². The van der Waals surface area contributed by atoms with E-state index in [-0.39, 0.29) is 0 Å². The van der Waals surface area contributed by atoms with Crippen molar-refractivity contribution in [2.75, 3.05) is 0 Å². The SMILES string of the molecule is C=C/C(=C\C=C\CC)N=O. The molecule has 0 atom stereocenters. The third kappa shape index (κ3) is 3.78. The van der Waals surface area contributed by atoms with Crippen molar-refractivity contribution in [3.63, 3.8) is 0 Å². The van der Waals surface area contributed by atoms with E-state index in [0.717, 1.165) is 6.42 Å². The minimum absolute atomic E-state index is 0.365. The van der Waals surface area contributed by atoms with Crippen molar-refractivity contribution in [2.45, 2.75) is 13.3 Å². The number of allylic oxidation sites excluding steroid dienone is 4. The molecule has 0 aromatic rings. The van der Waals surface area contributed by atoms with Crippen molar-refractivity contribution in [3.05, 3.63) is 41.5 Å². The summed E-state index contributed by atoms with van der Waals surface area (Å²) >= 11 is 0. The van der Waals surface area contributed by atoms with Crippen molar-refractivity contribution in [1.29, 1.82) is 0 Å². The molecule has 0 spiro atoms. The molecule has 2 nitrogen and oxygen atoms in total. The largest absolute Gasteiger partial charge is 0.145 e. The maximum Gasteiger partial charge on any atom is 0.107 e. The molecule has 0 N–H and O–H groups in total. The summed E-state index contributed by atoms with van der Waals surface area (Å²) in [5.74, 6) is 0. The minimum Gasteiger partial charge on any atom is -0.145 e. The van der Waals surface area contributed by atoms with Gasteiger partial charge in [-0.05, 0) is 23.7 Å². The van der Waals surface area contributed by atoms with E-state index in [1.165, 1.54) is 6.08 Å². The lowest BCUT2D eigenvalue weighted by molar-refractivity contribution is 1.22. The highest BCUT2D eigenvalue weighted by atomic mass is 16.3. The highest BCUT2D eigenvalue weighted by Gasteiger charge is 1.81. The van der Waals surface area contributed by atoms with Gasteiger partial charge in [-0.2, -0.15) is 0 Å². The van der Waals surface area contributed by atoms with E-state index in [1.54, 1.807) is 12.2 Å². The molecule has 2 heteroatoms. The molecule has 0 aliphatic heterocycles. The van der Waals surface area contributed by atoms with Crippen molar-refractivity contribution in [1.82, 2.24) is 0 Å². The summed E-state index contributed by atoms with van der Waals surface area (Å²) in [5, 5.41) is 2.72. The first-order valence-electron chi connectivity index (χ1n) is 3.17. The number of nitroso groups, excluding NO2 is 1. The Hall–Kier alpha value is -1.18. The van der Waals surface area contributed by atoms with Crippen LogP contribution in [-0.2, 0) is 0 Å².